The van der Waals surface area contributed by atoms with Crippen LogP contribution in [0.3, 0.4) is 0 Å². The zero-order valence-electron chi connectivity index (χ0n) is 20.9. The van der Waals surface area contributed by atoms with Crippen molar-refractivity contribution < 1.29 is 37.0 Å². The van der Waals surface area contributed by atoms with Gasteiger partial charge >= 0.3 is 12.3 Å². The number of carbonyl (C=O) groups excluding carboxylic acids is 1. The largest absolute Gasteiger partial charge is 0.465 e. The second-order valence-corrected chi connectivity index (χ2v) is 9.28. The van der Waals surface area contributed by atoms with E-state index in [4.69, 9.17) is 14.3 Å². The SMILES string of the molecule is O=C(O)NCc1cc(NC(=O)C2CCc3ccc(Oc4ccnc(-c5cnco5)c4)cc3C2)cc(C(F)(F)F)c1. The number of fused-ring (bicyclic) bond motifs is 1. The Morgan fingerprint density at radius 2 is 1.90 bits per heavy atom. The molecule has 206 valence electrons. The Morgan fingerprint density at radius 3 is 2.65 bits per heavy atom. The fourth-order valence-electron chi connectivity index (χ4n) is 4.56. The first-order valence-corrected chi connectivity index (χ1v) is 12.3. The lowest BCUT2D eigenvalue weighted by molar-refractivity contribution is -0.137. The van der Waals surface area contributed by atoms with Gasteiger partial charge in [0.05, 0.1) is 11.8 Å². The quantitative estimate of drug-likeness (QED) is 0.254. The molecule has 40 heavy (non-hydrogen) atoms. The van der Waals surface area contributed by atoms with E-state index in [1.54, 1.807) is 24.5 Å². The number of aromatic nitrogens is 2. The molecule has 12 heteroatoms. The summed E-state index contributed by atoms with van der Waals surface area (Å²) in [6, 6.07) is 12.1. The highest BCUT2D eigenvalue weighted by Gasteiger charge is 2.32. The molecule has 3 N–H and O–H groups in total. The molecule has 1 atom stereocenters. The molecular formula is C28H23F3N4O5. The van der Waals surface area contributed by atoms with Gasteiger partial charge in [0.2, 0.25) is 5.91 Å². The predicted octanol–water partition coefficient (Wildman–Crippen LogP) is 6.06. The minimum atomic E-state index is -4.66. The van der Waals surface area contributed by atoms with E-state index in [-0.39, 0.29) is 17.8 Å². The molecule has 2 heterocycles. The number of rotatable bonds is 7. The molecule has 2 aromatic heterocycles. The summed E-state index contributed by atoms with van der Waals surface area (Å²) in [5, 5.41) is 13.4. The van der Waals surface area contributed by atoms with Crippen LogP contribution >= 0.6 is 0 Å². The fourth-order valence-corrected chi connectivity index (χ4v) is 4.56. The first-order chi connectivity index (χ1) is 19.1. The number of oxazole rings is 1. The predicted molar refractivity (Wildman–Crippen MR) is 137 cm³/mol. The summed E-state index contributed by atoms with van der Waals surface area (Å²) in [7, 11) is 0. The molecule has 9 nitrogen and oxygen atoms in total. The van der Waals surface area contributed by atoms with E-state index in [9.17, 15) is 22.8 Å². The average molecular weight is 553 g/mol. The summed E-state index contributed by atoms with van der Waals surface area (Å²) in [4.78, 5) is 32.0. The van der Waals surface area contributed by atoms with Gasteiger partial charge in [-0.1, -0.05) is 6.07 Å². The van der Waals surface area contributed by atoms with E-state index in [0.29, 0.717) is 42.2 Å². The Bertz CT molecular complexity index is 1540. The number of hydrogen-bond donors (Lipinski definition) is 3. The molecule has 1 aliphatic rings. The number of benzene rings is 2. The topological polar surface area (TPSA) is 127 Å². The van der Waals surface area contributed by atoms with E-state index in [2.05, 4.69) is 15.3 Å². The third kappa shape index (κ3) is 6.40. The van der Waals surface area contributed by atoms with E-state index < -0.39 is 29.7 Å². The summed E-state index contributed by atoms with van der Waals surface area (Å²) in [6.07, 6.45) is -0.0690. The van der Waals surface area contributed by atoms with E-state index in [1.165, 1.54) is 12.5 Å². The van der Waals surface area contributed by atoms with Crippen LogP contribution in [0.5, 0.6) is 11.5 Å². The minimum Gasteiger partial charge on any atom is -0.465 e. The summed E-state index contributed by atoms with van der Waals surface area (Å²) < 4.78 is 51.6. The van der Waals surface area contributed by atoms with Crippen molar-refractivity contribution in [1.29, 1.82) is 0 Å². The third-order valence-corrected chi connectivity index (χ3v) is 6.46. The number of ether oxygens (including phenoxy) is 1. The zero-order valence-corrected chi connectivity index (χ0v) is 20.9. The Labute approximate surface area is 226 Å². The van der Waals surface area contributed by atoms with Gasteiger partial charge in [-0.3, -0.25) is 9.78 Å². The molecule has 2 aromatic carbocycles. The van der Waals surface area contributed by atoms with Crippen LogP contribution in [-0.4, -0.2) is 27.1 Å². The second kappa shape index (κ2) is 11.1. The van der Waals surface area contributed by atoms with Crippen molar-refractivity contribution in [3.8, 4) is 23.0 Å². The molecule has 0 bridgehead atoms. The number of alkyl halides is 3. The Kier molecular flexibility index (Phi) is 7.41. The number of hydrogen-bond acceptors (Lipinski definition) is 6. The lowest BCUT2D eigenvalue weighted by Crippen LogP contribution is -2.28. The number of nitrogens with one attached hydrogen (secondary N) is 2. The van der Waals surface area contributed by atoms with Gasteiger partial charge in [0.1, 0.15) is 17.2 Å². The van der Waals surface area contributed by atoms with E-state index >= 15 is 0 Å². The van der Waals surface area contributed by atoms with Crippen LogP contribution in [0.2, 0.25) is 0 Å². The number of aryl methyl sites for hydroxylation is 1. The summed E-state index contributed by atoms with van der Waals surface area (Å²) in [5.74, 6) is 0.694. The summed E-state index contributed by atoms with van der Waals surface area (Å²) in [6.45, 7) is -0.334. The van der Waals surface area contributed by atoms with Gasteiger partial charge in [-0.25, -0.2) is 9.78 Å². The maximum atomic E-state index is 13.4. The number of carbonyl (C=O) groups is 2. The molecule has 5 rings (SSSR count). The Morgan fingerprint density at radius 1 is 1.07 bits per heavy atom. The van der Waals surface area contributed by atoms with Gasteiger partial charge in [0.15, 0.2) is 12.2 Å². The second-order valence-electron chi connectivity index (χ2n) is 9.28. The van der Waals surface area contributed by atoms with Gasteiger partial charge < -0.3 is 24.9 Å². The van der Waals surface area contributed by atoms with E-state index in [1.807, 2.05) is 23.5 Å². The molecule has 0 radical (unpaired) electrons. The summed E-state index contributed by atoms with van der Waals surface area (Å²) >= 11 is 0. The van der Waals surface area contributed by atoms with Gasteiger partial charge in [0.25, 0.3) is 0 Å². The van der Waals surface area contributed by atoms with Crippen molar-refractivity contribution >= 4 is 17.7 Å². The van der Waals surface area contributed by atoms with Crippen LogP contribution in [0.4, 0.5) is 23.7 Å². The number of halogens is 3. The zero-order chi connectivity index (χ0) is 28.3. The number of carboxylic acid groups (broad SMARTS) is 1. The molecule has 1 aliphatic carbocycles. The van der Waals surface area contributed by atoms with Gasteiger partial charge in [-0.2, -0.15) is 13.2 Å². The lowest BCUT2D eigenvalue weighted by Gasteiger charge is -2.25. The first-order valence-electron chi connectivity index (χ1n) is 12.3. The number of anilines is 1. The standard InChI is InChI=1S/C28H23F3N4O5/c29-28(30,31)20-7-16(13-34-27(37)38)8-21(11-20)35-26(36)18-2-1-17-3-4-22(10-19(17)9-18)40-23-5-6-33-24(12-23)25-14-32-15-39-25/h3-8,10-12,14-15,18,34H,1-2,9,13H2,(H,35,36)(H,37,38). The first kappa shape index (κ1) is 26.7. The molecule has 1 unspecified atom stereocenters. The highest BCUT2D eigenvalue weighted by molar-refractivity contribution is 5.93. The molecule has 0 fully saturated rings. The van der Waals surface area contributed by atoms with Crippen molar-refractivity contribution in [1.82, 2.24) is 15.3 Å². The number of amides is 2. The summed E-state index contributed by atoms with van der Waals surface area (Å²) in [5.41, 5.74) is 1.57. The van der Waals surface area contributed by atoms with Crippen LogP contribution in [-0.2, 0) is 30.4 Å². The van der Waals surface area contributed by atoms with Crippen molar-refractivity contribution in [3.63, 3.8) is 0 Å². The van der Waals surface area contributed by atoms with Crippen molar-refractivity contribution in [3.05, 3.63) is 89.6 Å². The van der Waals surface area contributed by atoms with Gasteiger partial charge in [0, 0.05) is 30.4 Å². The van der Waals surface area contributed by atoms with Crippen molar-refractivity contribution in [2.45, 2.75) is 32.0 Å². The van der Waals surface area contributed by atoms with Crippen LogP contribution in [0.1, 0.15) is 28.7 Å². The lowest BCUT2D eigenvalue weighted by atomic mass is 9.83. The van der Waals surface area contributed by atoms with Crippen LogP contribution in [0.15, 0.2) is 71.7 Å². The van der Waals surface area contributed by atoms with Crippen LogP contribution in [0, 0.1) is 5.92 Å². The van der Waals surface area contributed by atoms with Crippen LogP contribution < -0.4 is 15.4 Å². The van der Waals surface area contributed by atoms with Gasteiger partial charge in [-0.15, -0.1) is 0 Å². The number of nitrogens with zero attached hydrogens (tertiary/aromatic N) is 2. The molecule has 0 aliphatic heterocycles. The minimum absolute atomic E-state index is 0.0508. The van der Waals surface area contributed by atoms with Crippen LogP contribution in [0.25, 0.3) is 11.5 Å². The van der Waals surface area contributed by atoms with Crippen molar-refractivity contribution in [2.75, 3.05) is 5.32 Å². The normalized spacial score (nSPS) is 14.7. The van der Waals surface area contributed by atoms with Crippen molar-refractivity contribution in [2.24, 2.45) is 5.92 Å². The Hall–Kier alpha value is -4.87. The van der Waals surface area contributed by atoms with E-state index in [0.717, 1.165) is 23.3 Å². The highest BCUT2D eigenvalue weighted by Crippen LogP contribution is 2.34. The van der Waals surface area contributed by atoms with Gasteiger partial charge in [-0.05, 0) is 72.4 Å². The maximum Gasteiger partial charge on any atom is 0.416 e. The molecular weight excluding hydrogens is 529 g/mol. The Balaban J connectivity index is 1.29. The molecule has 0 spiro atoms. The maximum absolute atomic E-state index is 13.4. The molecule has 0 saturated carbocycles. The average Bonchev–Trinajstić information content (AvgIpc) is 3.46. The third-order valence-electron chi connectivity index (χ3n) is 6.46. The fraction of sp³-hybridized carbons (Fsp3) is 0.214. The smallest absolute Gasteiger partial charge is 0.416 e. The highest BCUT2D eigenvalue weighted by atomic mass is 19.4. The monoisotopic (exact) mass is 552 g/mol. The molecule has 2 amide bonds. The molecule has 4 aromatic rings. The number of pyridine rings is 1. The molecule has 0 saturated heterocycles.